The van der Waals surface area contributed by atoms with Gasteiger partial charge in [-0.1, -0.05) is 26.7 Å². The van der Waals surface area contributed by atoms with Crippen molar-refractivity contribution < 1.29 is 23.9 Å². The number of amides is 1. The summed E-state index contributed by atoms with van der Waals surface area (Å²) < 4.78 is 10.5. The lowest BCUT2D eigenvalue weighted by Crippen LogP contribution is -2.47. The maximum absolute atomic E-state index is 12.3. The summed E-state index contributed by atoms with van der Waals surface area (Å²) >= 11 is 0. The van der Waals surface area contributed by atoms with Gasteiger partial charge in [-0.05, 0) is 49.4 Å². The maximum Gasteiger partial charge on any atom is 0.344 e. The van der Waals surface area contributed by atoms with Gasteiger partial charge >= 0.3 is 5.97 Å². The monoisotopic (exact) mass is 361 g/mol. The Morgan fingerprint density at radius 2 is 1.92 bits per heavy atom. The van der Waals surface area contributed by atoms with Crippen LogP contribution in [0.4, 0.5) is 0 Å². The van der Waals surface area contributed by atoms with E-state index >= 15 is 0 Å². The zero-order valence-corrected chi connectivity index (χ0v) is 15.6. The molecular weight excluding hydrogens is 334 g/mol. The smallest absolute Gasteiger partial charge is 0.344 e. The van der Waals surface area contributed by atoms with Gasteiger partial charge in [0, 0.05) is 11.6 Å². The first-order valence-corrected chi connectivity index (χ1v) is 9.08. The quantitative estimate of drug-likeness (QED) is 0.596. The summed E-state index contributed by atoms with van der Waals surface area (Å²) in [6, 6.07) is 6.50. The average Bonchev–Trinajstić information content (AvgIpc) is 2.64. The Morgan fingerprint density at radius 3 is 2.58 bits per heavy atom. The molecule has 0 saturated heterocycles. The Kier molecular flexibility index (Phi) is 7.18. The molecule has 6 heteroatoms. The van der Waals surface area contributed by atoms with Crippen LogP contribution in [0.5, 0.6) is 5.75 Å². The molecule has 1 saturated carbocycles. The minimum Gasteiger partial charge on any atom is -0.482 e. The van der Waals surface area contributed by atoms with Crippen LogP contribution < -0.4 is 10.1 Å². The molecule has 0 unspecified atom stereocenters. The number of rotatable bonds is 7. The van der Waals surface area contributed by atoms with E-state index in [-0.39, 0.29) is 18.6 Å². The Morgan fingerprint density at radius 1 is 1.23 bits per heavy atom. The van der Waals surface area contributed by atoms with Crippen LogP contribution in [-0.4, -0.2) is 36.9 Å². The largest absolute Gasteiger partial charge is 0.482 e. The number of carbonyl (C=O) groups excluding carboxylic acids is 3. The van der Waals surface area contributed by atoms with Crippen molar-refractivity contribution in [3.05, 3.63) is 29.8 Å². The Bertz CT molecular complexity index is 628. The lowest BCUT2D eigenvalue weighted by Gasteiger charge is -2.35. The summed E-state index contributed by atoms with van der Waals surface area (Å²) in [5.74, 6) is 0.547. The second kappa shape index (κ2) is 9.36. The summed E-state index contributed by atoms with van der Waals surface area (Å²) in [5, 5.41) is 3.00. The molecule has 1 N–H and O–H groups in total. The van der Waals surface area contributed by atoms with E-state index in [1.54, 1.807) is 31.2 Å². The fourth-order valence-corrected chi connectivity index (χ4v) is 3.16. The number of ether oxygens (including phenoxy) is 2. The van der Waals surface area contributed by atoms with Crippen LogP contribution in [-0.2, 0) is 14.3 Å². The first-order chi connectivity index (χ1) is 12.4. The molecule has 2 rings (SSSR count). The van der Waals surface area contributed by atoms with Gasteiger partial charge in [0.25, 0.3) is 5.91 Å². The van der Waals surface area contributed by atoms with Crippen molar-refractivity contribution in [2.75, 3.05) is 6.61 Å². The van der Waals surface area contributed by atoms with Crippen molar-refractivity contribution in [2.45, 2.75) is 52.2 Å². The van der Waals surface area contributed by atoms with E-state index in [0.29, 0.717) is 23.1 Å². The topological polar surface area (TPSA) is 81.7 Å². The Balaban J connectivity index is 1.76. The van der Waals surface area contributed by atoms with Crippen molar-refractivity contribution in [2.24, 2.45) is 11.8 Å². The number of carbonyl (C=O) groups is 3. The normalized spacial score (nSPS) is 23.6. The Hall–Kier alpha value is -2.37. The molecule has 1 fully saturated rings. The standard InChI is InChI=1S/C20H27NO5/c1-13-5-4-6-18(14(13)2)21-20(24)15(3)26-19(23)12-25-17-9-7-16(11-22)8-10-17/h7-11,13-15,18H,4-6,12H2,1-3H3,(H,21,24)/t13-,14+,15+,18+/m0/s1. The second-order valence-corrected chi connectivity index (χ2v) is 6.99. The molecule has 142 valence electrons. The van der Waals surface area contributed by atoms with Gasteiger partial charge in [0.1, 0.15) is 12.0 Å². The number of hydrogen-bond acceptors (Lipinski definition) is 5. The summed E-state index contributed by atoms with van der Waals surface area (Å²) in [5.41, 5.74) is 0.525. The van der Waals surface area contributed by atoms with E-state index in [0.717, 1.165) is 19.1 Å². The molecular formula is C20H27NO5. The summed E-state index contributed by atoms with van der Waals surface area (Å²) in [4.78, 5) is 34.8. The van der Waals surface area contributed by atoms with Crippen LogP contribution in [0.3, 0.4) is 0 Å². The third kappa shape index (κ3) is 5.58. The van der Waals surface area contributed by atoms with E-state index < -0.39 is 12.1 Å². The van der Waals surface area contributed by atoms with Gasteiger partial charge in [-0.25, -0.2) is 4.79 Å². The molecule has 1 aromatic rings. The lowest BCUT2D eigenvalue weighted by atomic mass is 9.78. The van der Waals surface area contributed by atoms with E-state index in [1.165, 1.54) is 6.42 Å². The molecule has 0 aliphatic heterocycles. The minimum absolute atomic E-state index is 0.125. The second-order valence-electron chi connectivity index (χ2n) is 6.99. The van der Waals surface area contributed by atoms with E-state index in [2.05, 4.69) is 19.2 Å². The highest BCUT2D eigenvalue weighted by molar-refractivity contribution is 5.84. The van der Waals surface area contributed by atoms with E-state index in [1.807, 2.05) is 0 Å². The lowest BCUT2D eigenvalue weighted by molar-refractivity contribution is -0.157. The molecule has 1 aliphatic carbocycles. The predicted molar refractivity (Wildman–Crippen MR) is 97.0 cm³/mol. The van der Waals surface area contributed by atoms with Crippen LogP contribution in [0.15, 0.2) is 24.3 Å². The summed E-state index contributed by atoms with van der Waals surface area (Å²) in [6.45, 7) is 5.61. The summed E-state index contributed by atoms with van der Waals surface area (Å²) in [6.07, 6.45) is 3.10. The van der Waals surface area contributed by atoms with Gasteiger partial charge in [-0.3, -0.25) is 9.59 Å². The van der Waals surface area contributed by atoms with E-state index in [4.69, 9.17) is 9.47 Å². The fraction of sp³-hybridized carbons (Fsp3) is 0.550. The zero-order valence-electron chi connectivity index (χ0n) is 15.6. The molecule has 0 aromatic heterocycles. The third-order valence-electron chi connectivity index (χ3n) is 5.08. The van der Waals surface area contributed by atoms with Crippen molar-refractivity contribution in [3.63, 3.8) is 0 Å². The predicted octanol–water partition coefficient (Wildman–Crippen LogP) is 2.75. The van der Waals surface area contributed by atoms with Crippen molar-refractivity contribution >= 4 is 18.2 Å². The van der Waals surface area contributed by atoms with Gasteiger partial charge in [0.2, 0.25) is 0 Å². The molecule has 26 heavy (non-hydrogen) atoms. The van der Waals surface area contributed by atoms with Gasteiger partial charge in [0.05, 0.1) is 0 Å². The molecule has 0 bridgehead atoms. The minimum atomic E-state index is -0.868. The van der Waals surface area contributed by atoms with Gasteiger partial charge in [-0.2, -0.15) is 0 Å². The molecule has 0 spiro atoms. The van der Waals surface area contributed by atoms with Crippen LogP contribution in [0, 0.1) is 11.8 Å². The van der Waals surface area contributed by atoms with Crippen molar-refractivity contribution in [1.29, 1.82) is 0 Å². The van der Waals surface area contributed by atoms with Crippen molar-refractivity contribution in [3.8, 4) is 5.75 Å². The molecule has 6 nitrogen and oxygen atoms in total. The molecule has 1 amide bonds. The number of benzene rings is 1. The molecule has 0 radical (unpaired) electrons. The van der Waals surface area contributed by atoms with Gasteiger partial charge in [0.15, 0.2) is 12.7 Å². The van der Waals surface area contributed by atoms with Crippen molar-refractivity contribution in [1.82, 2.24) is 5.32 Å². The third-order valence-corrected chi connectivity index (χ3v) is 5.08. The number of nitrogens with one attached hydrogen (secondary N) is 1. The van der Waals surface area contributed by atoms with Crippen LogP contribution in [0.25, 0.3) is 0 Å². The number of aldehydes is 1. The average molecular weight is 361 g/mol. The summed E-state index contributed by atoms with van der Waals surface area (Å²) in [7, 11) is 0. The molecule has 0 heterocycles. The van der Waals surface area contributed by atoms with Crippen LogP contribution in [0.1, 0.15) is 50.4 Å². The van der Waals surface area contributed by atoms with E-state index in [9.17, 15) is 14.4 Å². The highest BCUT2D eigenvalue weighted by atomic mass is 16.6. The zero-order chi connectivity index (χ0) is 19.1. The maximum atomic E-state index is 12.3. The molecule has 4 atom stereocenters. The molecule has 1 aromatic carbocycles. The molecule has 1 aliphatic rings. The first-order valence-electron chi connectivity index (χ1n) is 9.08. The van der Waals surface area contributed by atoms with Gasteiger partial charge < -0.3 is 14.8 Å². The van der Waals surface area contributed by atoms with Gasteiger partial charge in [-0.15, -0.1) is 0 Å². The number of hydrogen-bond donors (Lipinski definition) is 1. The highest BCUT2D eigenvalue weighted by Gasteiger charge is 2.30. The highest BCUT2D eigenvalue weighted by Crippen LogP contribution is 2.29. The number of esters is 1. The Labute approximate surface area is 154 Å². The first kappa shape index (κ1) is 19.9. The SMILES string of the molecule is C[C@@H]1[C@@H](C)CCC[C@H]1NC(=O)[C@@H](C)OC(=O)COc1ccc(C=O)cc1. The fourth-order valence-electron chi connectivity index (χ4n) is 3.16. The van der Waals surface area contributed by atoms with Crippen LogP contribution in [0.2, 0.25) is 0 Å². The van der Waals surface area contributed by atoms with Crippen LogP contribution >= 0.6 is 0 Å².